The molecule has 1 saturated heterocycles. The van der Waals surface area contributed by atoms with Gasteiger partial charge in [0.25, 0.3) is 5.91 Å². The third-order valence-corrected chi connectivity index (χ3v) is 6.81. The van der Waals surface area contributed by atoms with Gasteiger partial charge in [-0.15, -0.1) is 0 Å². The van der Waals surface area contributed by atoms with Crippen molar-refractivity contribution < 1.29 is 14.3 Å². The summed E-state index contributed by atoms with van der Waals surface area (Å²) in [5.41, 5.74) is 2.37. The SMILES string of the molecule is Cn1ncc(C(=O)N2CCCC3CCCCC32)c1C1=COC=C(C2=CC=CCC2)O1. The molecule has 0 radical (unpaired) electrons. The van der Waals surface area contributed by atoms with Gasteiger partial charge in [0, 0.05) is 19.6 Å². The topological polar surface area (TPSA) is 56.6 Å². The van der Waals surface area contributed by atoms with Crippen LogP contribution in [-0.4, -0.2) is 33.2 Å². The van der Waals surface area contributed by atoms with Gasteiger partial charge in [-0.1, -0.05) is 31.1 Å². The van der Waals surface area contributed by atoms with E-state index in [1.165, 1.54) is 25.7 Å². The van der Waals surface area contributed by atoms with Crippen molar-refractivity contribution >= 4 is 11.7 Å². The molecule has 6 heteroatoms. The molecule has 0 N–H and O–H groups in total. The third-order valence-electron chi connectivity index (χ3n) is 6.81. The fourth-order valence-electron chi connectivity index (χ4n) is 5.30. The zero-order valence-electron chi connectivity index (χ0n) is 17.5. The fraction of sp³-hybridized carbons (Fsp3) is 0.500. The maximum atomic E-state index is 13.6. The number of ether oxygens (including phenoxy) is 2. The Hall–Kier alpha value is -2.76. The zero-order valence-corrected chi connectivity index (χ0v) is 17.5. The van der Waals surface area contributed by atoms with Crippen LogP contribution in [-0.2, 0) is 16.5 Å². The summed E-state index contributed by atoms with van der Waals surface area (Å²) in [5, 5.41) is 4.40. The number of carbonyl (C=O) groups excluding carboxylic acids is 1. The van der Waals surface area contributed by atoms with Gasteiger partial charge in [-0.05, 0) is 50.0 Å². The molecule has 0 bridgehead atoms. The Morgan fingerprint density at radius 2 is 1.97 bits per heavy atom. The first-order chi connectivity index (χ1) is 14.7. The van der Waals surface area contributed by atoms with E-state index in [-0.39, 0.29) is 5.91 Å². The Balaban J connectivity index is 1.41. The van der Waals surface area contributed by atoms with Crippen LogP contribution in [0.3, 0.4) is 0 Å². The van der Waals surface area contributed by atoms with E-state index in [1.54, 1.807) is 23.4 Å². The number of nitrogens with zero attached hydrogens (tertiary/aromatic N) is 3. The number of likely N-dealkylation sites (tertiary alicyclic amines) is 1. The van der Waals surface area contributed by atoms with E-state index in [0.29, 0.717) is 34.7 Å². The lowest BCUT2D eigenvalue weighted by Crippen LogP contribution is -2.49. The van der Waals surface area contributed by atoms with E-state index in [4.69, 9.17) is 9.47 Å². The smallest absolute Gasteiger partial charge is 0.258 e. The van der Waals surface area contributed by atoms with Gasteiger partial charge in [-0.25, -0.2) is 0 Å². The van der Waals surface area contributed by atoms with Crippen LogP contribution in [0.15, 0.2) is 48.3 Å². The maximum Gasteiger partial charge on any atom is 0.258 e. The van der Waals surface area contributed by atoms with Crippen LogP contribution >= 0.6 is 0 Å². The first-order valence-corrected chi connectivity index (χ1v) is 11.2. The molecule has 1 aromatic heterocycles. The maximum absolute atomic E-state index is 13.6. The second-order valence-corrected chi connectivity index (χ2v) is 8.64. The number of fused-ring (bicyclic) bond motifs is 1. The van der Waals surface area contributed by atoms with Crippen LogP contribution < -0.4 is 0 Å². The lowest BCUT2D eigenvalue weighted by molar-refractivity contribution is 0.0390. The van der Waals surface area contributed by atoms with Gasteiger partial charge < -0.3 is 14.4 Å². The van der Waals surface area contributed by atoms with Crippen LogP contribution in [0, 0.1) is 5.92 Å². The van der Waals surface area contributed by atoms with Gasteiger partial charge >= 0.3 is 0 Å². The average molecular weight is 408 g/mol. The summed E-state index contributed by atoms with van der Waals surface area (Å²) >= 11 is 0. The zero-order chi connectivity index (χ0) is 20.5. The van der Waals surface area contributed by atoms with Gasteiger partial charge in [0.05, 0.1) is 11.8 Å². The van der Waals surface area contributed by atoms with Gasteiger partial charge in [-0.3, -0.25) is 9.48 Å². The van der Waals surface area contributed by atoms with Gasteiger partial charge in [-0.2, -0.15) is 5.10 Å². The number of hydrogen-bond acceptors (Lipinski definition) is 4. The molecule has 3 heterocycles. The minimum atomic E-state index is 0.0649. The van der Waals surface area contributed by atoms with Gasteiger partial charge in [0.1, 0.15) is 18.2 Å². The lowest BCUT2D eigenvalue weighted by atomic mass is 9.78. The minimum absolute atomic E-state index is 0.0649. The monoisotopic (exact) mass is 407 g/mol. The highest BCUT2D eigenvalue weighted by Gasteiger charge is 2.37. The average Bonchev–Trinajstić information content (AvgIpc) is 3.20. The molecule has 2 aliphatic heterocycles. The second-order valence-electron chi connectivity index (χ2n) is 8.64. The summed E-state index contributed by atoms with van der Waals surface area (Å²) in [4.78, 5) is 15.7. The number of allylic oxidation sites excluding steroid dienone is 4. The van der Waals surface area contributed by atoms with Crippen molar-refractivity contribution in [2.75, 3.05) is 6.54 Å². The van der Waals surface area contributed by atoms with Crippen LogP contribution in [0.2, 0.25) is 0 Å². The number of amides is 1. The number of rotatable bonds is 3. The molecule has 0 spiro atoms. The van der Waals surface area contributed by atoms with Crippen LogP contribution in [0.25, 0.3) is 5.76 Å². The van der Waals surface area contributed by atoms with Crippen LogP contribution in [0.4, 0.5) is 0 Å². The molecule has 1 amide bonds. The van der Waals surface area contributed by atoms with Gasteiger partial charge in [0.15, 0.2) is 11.5 Å². The highest BCUT2D eigenvalue weighted by molar-refractivity contribution is 5.98. The quantitative estimate of drug-likeness (QED) is 0.730. The lowest BCUT2D eigenvalue weighted by Gasteiger charge is -2.44. The second kappa shape index (κ2) is 8.17. The molecule has 4 aliphatic rings. The molecule has 2 fully saturated rings. The Kier molecular flexibility index (Phi) is 5.23. The molecule has 2 atom stereocenters. The molecule has 2 aliphatic carbocycles. The molecule has 1 aromatic rings. The highest BCUT2D eigenvalue weighted by atomic mass is 16.5. The summed E-state index contributed by atoms with van der Waals surface area (Å²) in [6, 6.07) is 0.361. The first kappa shape index (κ1) is 19.2. The number of aryl methyl sites for hydroxylation is 1. The van der Waals surface area contributed by atoms with Crippen molar-refractivity contribution in [2.45, 2.75) is 57.4 Å². The predicted octanol–water partition coefficient (Wildman–Crippen LogP) is 4.68. The molecular formula is C24H29N3O3. The summed E-state index contributed by atoms with van der Waals surface area (Å²) in [7, 11) is 1.84. The van der Waals surface area contributed by atoms with E-state index < -0.39 is 0 Å². The molecular weight excluding hydrogens is 378 g/mol. The molecule has 158 valence electrons. The van der Waals surface area contributed by atoms with Crippen LogP contribution in [0.5, 0.6) is 0 Å². The normalized spacial score (nSPS) is 26.0. The van der Waals surface area contributed by atoms with E-state index in [0.717, 1.165) is 37.8 Å². The number of piperidine rings is 1. The van der Waals surface area contributed by atoms with Crippen molar-refractivity contribution in [3.05, 3.63) is 59.5 Å². The van der Waals surface area contributed by atoms with E-state index >= 15 is 0 Å². The van der Waals surface area contributed by atoms with E-state index in [2.05, 4.69) is 16.1 Å². The van der Waals surface area contributed by atoms with E-state index in [1.807, 2.05) is 19.2 Å². The molecule has 2 unspecified atom stereocenters. The molecule has 5 rings (SSSR count). The van der Waals surface area contributed by atoms with Crippen molar-refractivity contribution in [2.24, 2.45) is 13.0 Å². The number of aromatic nitrogens is 2. The molecule has 6 nitrogen and oxygen atoms in total. The van der Waals surface area contributed by atoms with Crippen molar-refractivity contribution in [1.29, 1.82) is 0 Å². The number of hydrogen-bond donors (Lipinski definition) is 0. The van der Waals surface area contributed by atoms with Crippen molar-refractivity contribution in [1.82, 2.24) is 14.7 Å². The predicted molar refractivity (Wildman–Crippen MR) is 114 cm³/mol. The summed E-state index contributed by atoms with van der Waals surface area (Å²) in [5.74, 6) is 1.94. The largest absolute Gasteiger partial charge is 0.465 e. The molecule has 1 saturated carbocycles. The summed E-state index contributed by atoms with van der Waals surface area (Å²) in [6.45, 7) is 0.828. The Morgan fingerprint density at radius 3 is 2.83 bits per heavy atom. The number of carbonyl (C=O) groups is 1. The Bertz CT molecular complexity index is 951. The summed E-state index contributed by atoms with van der Waals surface area (Å²) < 4.78 is 13.5. The summed E-state index contributed by atoms with van der Waals surface area (Å²) in [6.07, 6.45) is 20.2. The molecule has 30 heavy (non-hydrogen) atoms. The van der Waals surface area contributed by atoms with E-state index in [9.17, 15) is 4.79 Å². The highest BCUT2D eigenvalue weighted by Crippen LogP contribution is 2.37. The Morgan fingerprint density at radius 1 is 1.13 bits per heavy atom. The fourth-order valence-corrected chi connectivity index (χ4v) is 5.30. The minimum Gasteiger partial charge on any atom is -0.465 e. The molecule has 0 aromatic carbocycles. The first-order valence-electron chi connectivity index (χ1n) is 11.2. The van der Waals surface area contributed by atoms with Crippen molar-refractivity contribution in [3.63, 3.8) is 0 Å². The van der Waals surface area contributed by atoms with Crippen LogP contribution in [0.1, 0.15) is 67.4 Å². The van der Waals surface area contributed by atoms with Gasteiger partial charge in [0.2, 0.25) is 0 Å². The third kappa shape index (κ3) is 3.48. The Labute approximate surface area is 177 Å². The van der Waals surface area contributed by atoms with Crippen molar-refractivity contribution in [3.8, 4) is 0 Å². The standard InChI is InChI=1S/C24H29N3O3/c1-26-23(22-16-29-15-21(30-22)18-9-3-2-4-10-18)19(14-25-26)24(28)27-13-7-11-17-8-5-6-12-20(17)27/h2-3,9,14-17,20H,4-8,10-13H2,1H3.